The normalized spacial score (nSPS) is 11.4. The molecular formula is C14H23ClN2O3. The molecule has 1 atom stereocenters. The molecule has 1 aromatic rings. The molecule has 0 aliphatic rings. The minimum Gasteiger partial charge on any atom is -0.494 e. The maximum Gasteiger partial charge on any atom is 0.253 e. The largest absolute Gasteiger partial charge is 0.494 e. The molecular weight excluding hydrogens is 280 g/mol. The van der Waals surface area contributed by atoms with E-state index in [0.717, 1.165) is 11.3 Å². The zero-order valence-electron chi connectivity index (χ0n) is 12.2. The first-order valence-corrected chi connectivity index (χ1v) is 6.32. The fraction of sp³-hybridized carbons (Fsp3) is 0.500. The highest BCUT2D eigenvalue weighted by Gasteiger charge is 2.20. The molecule has 1 unspecified atom stereocenters. The highest BCUT2D eigenvalue weighted by Crippen LogP contribution is 2.19. The molecule has 5 nitrogen and oxygen atoms in total. The molecule has 0 saturated carbocycles. The molecule has 1 amide bonds. The van der Waals surface area contributed by atoms with Gasteiger partial charge in [0.2, 0.25) is 0 Å². The van der Waals surface area contributed by atoms with E-state index in [4.69, 9.17) is 15.2 Å². The van der Waals surface area contributed by atoms with Crippen LogP contribution in [-0.2, 0) is 16.1 Å². The van der Waals surface area contributed by atoms with Gasteiger partial charge in [0.15, 0.2) is 0 Å². The summed E-state index contributed by atoms with van der Waals surface area (Å²) in [6.07, 6.45) is -0.593. The standard InChI is InChI=1S/C14H22N2O3.ClH/c1-4-19-12-8-6-5-7-11(12)10-16(2)14(17)13(9-15)18-3;/h5-8,13H,4,9-10,15H2,1-3H3;1H. The first-order valence-electron chi connectivity index (χ1n) is 6.32. The summed E-state index contributed by atoms with van der Waals surface area (Å²) in [5, 5.41) is 0. The van der Waals surface area contributed by atoms with Crippen LogP contribution in [0.4, 0.5) is 0 Å². The highest BCUT2D eigenvalue weighted by atomic mass is 35.5. The predicted octanol–water partition coefficient (Wildman–Crippen LogP) is 1.44. The second-order valence-corrected chi connectivity index (χ2v) is 4.20. The minimum absolute atomic E-state index is 0. The number of ether oxygens (including phenoxy) is 2. The van der Waals surface area contributed by atoms with Crippen molar-refractivity contribution in [3.8, 4) is 5.75 Å². The van der Waals surface area contributed by atoms with Gasteiger partial charge >= 0.3 is 0 Å². The van der Waals surface area contributed by atoms with Gasteiger partial charge in [-0.3, -0.25) is 4.79 Å². The molecule has 0 aliphatic heterocycles. The quantitative estimate of drug-likeness (QED) is 0.828. The van der Waals surface area contributed by atoms with Crippen molar-refractivity contribution in [3.63, 3.8) is 0 Å². The van der Waals surface area contributed by atoms with Gasteiger partial charge in [-0.05, 0) is 13.0 Å². The van der Waals surface area contributed by atoms with Crippen molar-refractivity contribution in [2.75, 3.05) is 27.3 Å². The molecule has 2 N–H and O–H groups in total. The molecule has 0 aromatic heterocycles. The Morgan fingerprint density at radius 1 is 1.40 bits per heavy atom. The fourth-order valence-corrected chi connectivity index (χ4v) is 1.81. The van der Waals surface area contributed by atoms with Crippen molar-refractivity contribution in [1.82, 2.24) is 4.90 Å². The zero-order chi connectivity index (χ0) is 14.3. The number of hydrogen-bond acceptors (Lipinski definition) is 4. The predicted molar refractivity (Wildman–Crippen MR) is 81.2 cm³/mol. The van der Waals surface area contributed by atoms with E-state index >= 15 is 0 Å². The van der Waals surface area contributed by atoms with Crippen LogP contribution in [0, 0.1) is 0 Å². The number of benzene rings is 1. The molecule has 0 saturated heterocycles. The number of nitrogens with two attached hydrogens (primary N) is 1. The molecule has 0 fully saturated rings. The highest BCUT2D eigenvalue weighted by molar-refractivity contribution is 5.85. The van der Waals surface area contributed by atoms with Crippen molar-refractivity contribution in [2.24, 2.45) is 5.73 Å². The van der Waals surface area contributed by atoms with E-state index < -0.39 is 6.10 Å². The van der Waals surface area contributed by atoms with E-state index in [-0.39, 0.29) is 24.9 Å². The Hall–Kier alpha value is -1.30. The van der Waals surface area contributed by atoms with Gasteiger partial charge in [-0.1, -0.05) is 18.2 Å². The van der Waals surface area contributed by atoms with Crippen LogP contribution in [0.1, 0.15) is 12.5 Å². The van der Waals surface area contributed by atoms with E-state index in [2.05, 4.69) is 0 Å². The molecule has 1 rings (SSSR count). The van der Waals surface area contributed by atoms with Gasteiger partial charge in [0.05, 0.1) is 6.61 Å². The SMILES string of the molecule is CCOc1ccccc1CN(C)C(=O)C(CN)OC.Cl. The van der Waals surface area contributed by atoms with Crippen LogP contribution in [-0.4, -0.2) is 44.2 Å². The lowest BCUT2D eigenvalue weighted by molar-refractivity contribution is -0.140. The number of likely N-dealkylation sites (N-methyl/N-ethyl adjacent to an activating group) is 1. The van der Waals surface area contributed by atoms with Crippen LogP contribution >= 0.6 is 12.4 Å². The van der Waals surface area contributed by atoms with Crippen LogP contribution in [0.2, 0.25) is 0 Å². The number of nitrogens with zero attached hydrogens (tertiary/aromatic N) is 1. The Morgan fingerprint density at radius 2 is 2.05 bits per heavy atom. The third-order valence-corrected chi connectivity index (χ3v) is 2.83. The topological polar surface area (TPSA) is 64.8 Å². The summed E-state index contributed by atoms with van der Waals surface area (Å²) < 4.78 is 10.6. The number of carbonyl (C=O) groups excluding carboxylic acids is 1. The van der Waals surface area contributed by atoms with Crippen LogP contribution < -0.4 is 10.5 Å². The van der Waals surface area contributed by atoms with Gasteiger partial charge in [0, 0.05) is 32.8 Å². The Kier molecular flexibility index (Phi) is 8.96. The molecule has 6 heteroatoms. The molecule has 0 spiro atoms. The van der Waals surface area contributed by atoms with Gasteiger partial charge in [-0.15, -0.1) is 12.4 Å². The average Bonchev–Trinajstić information content (AvgIpc) is 2.42. The van der Waals surface area contributed by atoms with Gasteiger partial charge < -0.3 is 20.1 Å². The molecule has 1 aromatic carbocycles. The first-order chi connectivity index (χ1) is 9.13. The number of halogens is 1. The average molecular weight is 303 g/mol. The van der Waals surface area contributed by atoms with E-state index in [1.807, 2.05) is 31.2 Å². The van der Waals surface area contributed by atoms with Crippen LogP contribution in [0.25, 0.3) is 0 Å². The molecule has 0 bridgehead atoms. The molecule has 114 valence electrons. The number of amides is 1. The van der Waals surface area contributed by atoms with Crippen LogP contribution in [0.3, 0.4) is 0 Å². The van der Waals surface area contributed by atoms with Crippen molar-refractivity contribution >= 4 is 18.3 Å². The summed E-state index contributed by atoms with van der Waals surface area (Å²) in [5.41, 5.74) is 6.46. The Balaban J connectivity index is 0.00000361. The van der Waals surface area contributed by atoms with E-state index in [1.54, 1.807) is 11.9 Å². The minimum atomic E-state index is -0.593. The van der Waals surface area contributed by atoms with Gasteiger partial charge in [-0.25, -0.2) is 0 Å². The lowest BCUT2D eigenvalue weighted by Gasteiger charge is -2.23. The van der Waals surface area contributed by atoms with Gasteiger partial charge in [-0.2, -0.15) is 0 Å². The maximum atomic E-state index is 12.1. The van der Waals surface area contributed by atoms with Crippen molar-refractivity contribution in [2.45, 2.75) is 19.6 Å². The monoisotopic (exact) mass is 302 g/mol. The summed E-state index contributed by atoms with van der Waals surface area (Å²) >= 11 is 0. The molecule has 0 aliphatic carbocycles. The Morgan fingerprint density at radius 3 is 2.60 bits per heavy atom. The van der Waals surface area contributed by atoms with Gasteiger partial charge in [0.25, 0.3) is 5.91 Å². The van der Waals surface area contributed by atoms with Crippen LogP contribution in [0.15, 0.2) is 24.3 Å². The smallest absolute Gasteiger partial charge is 0.253 e. The Labute approximate surface area is 126 Å². The summed E-state index contributed by atoms with van der Waals surface area (Å²) in [6.45, 7) is 3.17. The van der Waals surface area contributed by atoms with Gasteiger partial charge in [0.1, 0.15) is 11.9 Å². The number of rotatable bonds is 7. The summed E-state index contributed by atoms with van der Waals surface area (Å²) in [5.74, 6) is 0.669. The van der Waals surface area contributed by atoms with Crippen molar-refractivity contribution in [1.29, 1.82) is 0 Å². The molecule has 20 heavy (non-hydrogen) atoms. The fourth-order valence-electron chi connectivity index (χ4n) is 1.81. The lowest BCUT2D eigenvalue weighted by atomic mass is 10.2. The molecule has 0 radical (unpaired) electrons. The number of carbonyl (C=O) groups is 1. The lowest BCUT2D eigenvalue weighted by Crippen LogP contribution is -2.41. The van der Waals surface area contributed by atoms with E-state index in [1.165, 1.54) is 7.11 Å². The van der Waals surface area contributed by atoms with E-state index in [0.29, 0.717) is 13.2 Å². The summed E-state index contributed by atoms with van der Waals surface area (Å²) in [7, 11) is 3.21. The maximum absolute atomic E-state index is 12.1. The van der Waals surface area contributed by atoms with Crippen LogP contribution in [0.5, 0.6) is 5.75 Å². The summed E-state index contributed by atoms with van der Waals surface area (Å²) in [4.78, 5) is 13.7. The number of methoxy groups -OCH3 is 1. The second kappa shape index (κ2) is 9.58. The third-order valence-electron chi connectivity index (χ3n) is 2.83. The third kappa shape index (κ3) is 5.00. The first kappa shape index (κ1) is 18.7. The van der Waals surface area contributed by atoms with Crippen molar-refractivity contribution < 1.29 is 14.3 Å². The van der Waals surface area contributed by atoms with E-state index in [9.17, 15) is 4.79 Å². The number of hydrogen-bond donors (Lipinski definition) is 1. The number of para-hydroxylation sites is 1. The second-order valence-electron chi connectivity index (χ2n) is 4.20. The Bertz CT molecular complexity index is 411. The van der Waals surface area contributed by atoms with Crippen molar-refractivity contribution in [3.05, 3.63) is 29.8 Å². The molecule has 0 heterocycles. The summed E-state index contributed by atoms with van der Waals surface area (Å²) in [6, 6.07) is 7.67. The zero-order valence-corrected chi connectivity index (χ0v) is 13.0.